The minimum Gasteiger partial charge on any atom is -0.480 e. The molecule has 3 atom stereocenters. The van der Waals surface area contributed by atoms with E-state index in [4.69, 9.17) is 4.74 Å². The highest BCUT2D eigenvalue weighted by molar-refractivity contribution is 6.00. The van der Waals surface area contributed by atoms with Crippen molar-refractivity contribution in [3.05, 3.63) is 0 Å². The molecule has 0 aliphatic heterocycles. The van der Waals surface area contributed by atoms with E-state index in [9.17, 15) is 19.8 Å². The van der Waals surface area contributed by atoms with E-state index in [-0.39, 0.29) is 6.61 Å². The van der Waals surface area contributed by atoms with Gasteiger partial charge in [-0.2, -0.15) is 0 Å². The third-order valence-corrected chi connectivity index (χ3v) is 3.32. The molecule has 2 N–H and O–H groups in total. The van der Waals surface area contributed by atoms with E-state index in [0.717, 1.165) is 0 Å². The van der Waals surface area contributed by atoms with Crippen LogP contribution >= 0.6 is 0 Å². The van der Waals surface area contributed by atoms with Crippen LogP contribution in [-0.4, -0.2) is 34.9 Å². The second-order valence-corrected chi connectivity index (χ2v) is 4.58. The van der Waals surface area contributed by atoms with Crippen LogP contribution in [0.4, 0.5) is 0 Å². The van der Waals surface area contributed by atoms with Crippen LogP contribution in [0.2, 0.25) is 0 Å². The number of carboxylic acids is 1. The molecule has 0 bridgehead atoms. The lowest BCUT2D eigenvalue weighted by molar-refractivity contribution is -0.181. The SMILES string of the molecule is CCOC(=O)C(C(=O)O)(C(C)C)C(C)C(C)O. The summed E-state index contributed by atoms with van der Waals surface area (Å²) in [5.41, 5.74) is -1.70. The molecule has 0 aliphatic carbocycles. The van der Waals surface area contributed by atoms with Gasteiger partial charge in [0.2, 0.25) is 0 Å². The molecule has 0 amide bonds. The summed E-state index contributed by atoms with van der Waals surface area (Å²) in [7, 11) is 0. The number of aliphatic hydroxyl groups is 1. The lowest BCUT2D eigenvalue weighted by Crippen LogP contribution is -2.52. The molecule has 0 aromatic heterocycles. The van der Waals surface area contributed by atoms with Crippen molar-refractivity contribution in [3.8, 4) is 0 Å². The number of esters is 1. The Hall–Kier alpha value is -1.10. The number of aliphatic carboxylic acids is 1. The highest BCUT2D eigenvalue weighted by Gasteiger charge is 2.55. The van der Waals surface area contributed by atoms with Gasteiger partial charge < -0.3 is 14.9 Å². The monoisotopic (exact) mass is 246 g/mol. The van der Waals surface area contributed by atoms with E-state index in [1.54, 1.807) is 27.7 Å². The fourth-order valence-corrected chi connectivity index (χ4v) is 2.11. The van der Waals surface area contributed by atoms with E-state index in [2.05, 4.69) is 0 Å². The summed E-state index contributed by atoms with van der Waals surface area (Å²) in [5.74, 6) is -3.22. The number of aliphatic hydroxyl groups excluding tert-OH is 1. The first kappa shape index (κ1) is 15.9. The molecule has 0 heterocycles. The van der Waals surface area contributed by atoms with E-state index in [0.29, 0.717) is 0 Å². The van der Waals surface area contributed by atoms with Crippen molar-refractivity contribution in [3.63, 3.8) is 0 Å². The van der Waals surface area contributed by atoms with Crippen LogP contribution in [0.5, 0.6) is 0 Å². The van der Waals surface area contributed by atoms with Crippen molar-refractivity contribution in [1.82, 2.24) is 0 Å². The van der Waals surface area contributed by atoms with Gasteiger partial charge in [-0.05, 0) is 19.8 Å². The Labute approximate surface area is 102 Å². The van der Waals surface area contributed by atoms with Gasteiger partial charge in [-0.25, -0.2) is 0 Å². The molecule has 3 unspecified atom stereocenters. The first-order valence-corrected chi connectivity index (χ1v) is 5.81. The van der Waals surface area contributed by atoms with E-state index in [1.807, 2.05) is 0 Å². The van der Waals surface area contributed by atoms with Crippen molar-refractivity contribution in [1.29, 1.82) is 0 Å². The van der Waals surface area contributed by atoms with Gasteiger partial charge in [0.1, 0.15) is 0 Å². The molecule has 100 valence electrons. The predicted octanol–water partition coefficient (Wildman–Crippen LogP) is 1.29. The molecule has 0 saturated carbocycles. The molecule has 0 rings (SSSR count). The first-order chi connectivity index (χ1) is 7.72. The van der Waals surface area contributed by atoms with Gasteiger partial charge in [-0.3, -0.25) is 9.59 Å². The number of rotatable bonds is 6. The number of hydrogen-bond donors (Lipinski definition) is 2. The van der Waals surface area contributed by atoms with Gasteiger partial charge in [0.15, 0.2) is 5.41 Å². The molecule has 17 heavy (non-hydrogen) atoms. The highest BCUT2D eigenvalue weighted by atomic mass is 16.5. The third-order valence-electron chi connectivity index (χ3n) is 3.32. The number of hydrogen-bond acceptors (Lipinski definition) is 4. The standard InChI is InChI=1S/C12H22O5/c1-6-17-11(16)12(7(2)3,10(14)15)8(4)9(5)13/h7-9,13H,6H2,1-5H3,(H,14,15). The maximum Gasteiger partial charge on any atom is 0.324 e. The second-order valence-electron chi connectivity index (χ2n) is 4.58. The normalized spacial score (nSPS) is 18.3. The first-order valence-electron chi connectivity index (χ1n) is 5.81. The molecular weight excluding hydrogens is 224 g/mol. The Kier molecular flexibility index (Phi) is 5.61. The van der Waals surface area contributed by atoms with E-state index < -0.39 is 35.3 Å². The number of carbonyl (C=O) groups excluding carboxylic acids is 1. The molecule has 0 aliphatic rings. The zero-order chi connectivity index (χ0) is 13.8. The van der Waals surface area contributed by atoms with Crippen molar-refractivity contribution < 1.29 is 24.5 Å². The molecule has 0 fully saturated rings. The molecule has 5 nitrogen and oxygen atoms in total. The van der Waals surface area contributed by atoms with Crippen LogP contribution in [0.25, 0.3) is 0 Å². The minimum absolute atomic E-state index is 0.118. The van der Waals surface area contributed by atoms with Crippen LogP contribution in [-0.2, 0) is 14.3 Å². The second kappa shape index (κ2) is 6.00. The Balaban J connectivity index is 5.60. The average Bonchev–Trinajstić information content (AvgIpc) is 2.17. The van der Waals surface area contributed by atoms with E-state index >= 15 is 0 Å². The summed E-state index contributed by atoms with van der Waals surface area (Å²) in [6, 6.07) is 0. The van der Waals surface area contributed by atoms with E-state index in [1.165, 1.54) is 6.92 Å². The van der Waals surface area contributed by atoms with Gasteiger partial charge in [-0.15, -0.1) is 0 Å². The fraction of sp³-hybridized carbons (Fsp3) is 0.833. The maximum absolute atomic E-state index is 12.0. The number of ether oxygens (including phenoxy) is 1. The Bertz CT molecular complexity index is 285. The smallest absolute Gasteiger partial charge is 0.324 e. The van der Waals surface area contributed by atoms with Crippen LogP contribution < -0.4 is 0 Å². The fourth-order valence-electron chi connectivity index (χ4n) is 2.11. The largest absolute Gasteiger partial charge is 0.480 e. The van der Waals surface area contributed by atoms with Gasteiger partial charge in [0, 0.05) is 5.92 Å². The lowest BCUT2D eigenvalue weighted by Gasteiger charge is -2.37. The van der Waals surface area contributed by atoms with Gasteiger partial charge in [0.25, 0.3) is 0 Å². The minimum atomic E-state index is -1.70. The Morgan fingerprint density at radius 2 is 1.71 bits per heavy atom. The van der Waals surface area contributed by atoms with Gasteiger partial charge in [-0.1, -0.05) is 20.8 Å². The predicted molar refractivity (Wildman–Crippen MR) is 62.4 cm³/mol. The summed E-state index contributed by atoms with van der Waals surface area (Å²) >= 11 is 0. The average molecular weight is 246 g/mol. The van der Waals surface area contributed by atoms with Crippen LogP contribution in [0.3, 0.4) is 0 Å². The quantitative estimate of drug-likeness (QED) is 0.545. The lowest BCUT2D eigenvalue weighted by atomic mass is 9.66. The van der Waals surface area contributed by atoms with Crippen LogP contribution in [0, 0.1) is 17.3 Å². The molecule has 0 saturated heterocycles. The molecule has 0 aromatic carbocycles. The summed E-state index contributed by atoms with van der Waals surface area (Å²) in [6.45, 7) is 8.05. The number of carbonyl (C=O) groups is 2. The van der Waals surface area contributed by atoms with Crippen LogP contribution in [0.15, 0.2) is 0 Å². The Morgan fingerprint density at radius 3 is 1.94 bits per heavy atom. The van der Waals surface area contributed by atoms with Gasteiger partial charge >= 0.3 is 11.9 Å². The number of carboxylic acid groups (broad SMARTS) is 1. The molecule has 0 radical (unpaired) electrons. The summed E-state index contributed by atoms with van der Waals surface area (Å²) in [4.78, 5) is 23.5. The molecule has 0 spiro atoms. The summed E-state index contributed by atoms with van der Waals surface area (Å²) in [5, 5.41) is 19.0. The Morgan fingerprint density at radius 1 is 1.24 bits per heavy atom. The van der Waals surface area contributed by atoms with Gasteiger partial charge in [0.05, 0.1) is 12.7 Å². The topological polar surface area (TPSA) is 83.8 Å². The molecule has 0 aromatic rings. The van der Waals surface area contributed by atoms with Crippen molar-refractivity contribution >= 4 is 11.9 Å². The third kappa shape index (κ3) is 2.77. The zero-order valence-corrected chi connectivity index (χ0v) is 11.1. The summed E-state index contributed by atoms with van der Waals surface area (Å²) < 4.78 is 4.87. The highest BCUT2D eigenvalue weighted by Crippen LogP contribution is 2.39. The van der Waals surface area contributed by atoms with Crippen molar-refractivity contribution in [2.24, 2.45) is 17.3 Å². The molecular formula is C12H22O5. The molecule has 5 heteroatoms. The van der Waals surface area contributed by atoms with Crippen molar-refractivity contribution in [2.75, 3.05) is 6.61 Å². The van der Waals surface area contributed by atoms with Crippen molar-refractivity contribution in [2.45, 2.75) is 40.7 Å². The zero-order valence-electron chi connectivity index (χ0n) is 11.1. The summed E-state index contributed by atoms with van der Waals surface area (Å²) in [6.07, 6.45) is -0.905. The maximum atomic E-state index is 12.0. The van der Waals surface area contributed by atoms with Crippen LogP contribution in [0.1, 0.15) is 34.6 Å².